The fraction of sp³-hybridized carbons (Fsp3) is 0.304. The van der Waals surface area contributed by atoms with Crippen LogP contribution in [-0.4, -0.2) is 43.9 Å². The lowest BCUT2D eigenvalue weighted by Gasteiger charge is -2.22. The molecule has 0 amide bonds. The number of hydrogen-bond acceptors (Lipinski definition) is 4. The van der Waals surface area contributed by atoms with Gasteiger partial charge in [-0.2, -0.15) is 0 Å². The summed E-state index contributed by atoms with van der Waals surface area (Å²) in [6, 6.07) is 22.7. The number of fused-ring (bicyclic) bond motifs is 1. The Kier molecular flexibility index (Phi) is 6.82. The molecule has 0 aliphatic rings. The second-order valence-electron chi connectivity index (χ2n) is 6.89. The van der Waals surface area contributed by atoms with E-state index in [0.29, 0.717) is 13.2 Å². The van der Waals surface area contributed by atoms with Gasteiger partial charge in [0.25, 0.3) is 0 Å². The summed E-state index contributed by atoms with van der Waals surface area (Å²) >= 11 is 0. The molecule has 3 aromatic rings. The third kappa shape index (κ3) is 5.54. The average Bonchev–Trinajstić information content (AvgIpc) is 2.69. The highest BCUT2D eigenvalue weighted by atomic mass is 16.5. The van der Waals surface area contributed by atoms with Gasteiger partial charge in [0.2, 0.25) is 0 Å². The molecule has 0 saturated heterocycles. The van der Waals surface area contributed by atoms with Gasteiger partial charge in [0.1, 0.15) is 12.4 Å². The Morgan fingerprint density at radius 1 is 0.926 bits per heavy atom. The van der Waals surface area contributed by atoms with Gasteiger partial charge in [0, 0.05) is 6.54 Å². The lowest BCUT2D eigenvalue weighted by molar-refractivity contribution is 0.0142. The van der Waals surface area contributed by atoms with E-state index < -0.39 is 0 Å². The smallest absolute Gasteiger partial charge is 0.120 e. The molecule has 1 unspecified atom stereocenters. The first-order valence-electron chi connectivity index (χ1n) is 9.23. The minimum atomic E-state index is -0.0643. The zero-order valence-electron chi connectivity index (χ0n) is 16.0. The molecule has 0 heterocycles. The first kappa shape index (κ1) is 19.4. The normalized spacial score (nSPS) is 12.4. The number of aliphatic hydroxyl groups excluding tert-OH is 1. The van der Waals surface area contributed by atoms with Crippen molar-refractivity contribution < 1.29 is 14.6 Å². The largest absolute Gasteiger partial charge is 0.489 e. The van der Waals surface area contributed by atoms with Crippen LogP contribution in [0, 0.1) is 0 Å². The molecule has 0 aliphatic carbocycles. The fourth-order valence-electron chi connectivity index (χ4n) is 3.05. The van der Waals surface area contributed by atoms with Crippen molar-refractivity contribution in [2.45, 2.75) is 12.7 Å². The van der Waals surface area contributed by atoms with Crippen molar-refractivity contribution in [1.29, 1.82) is 0 Å². The summed E-state index contributed by atoms with van der Waals surface area (Å²) < 4.78 is 11.8. The highest BCUT2D eigenvalue weighted by Gasteiger charge is 2.14. The van der Waals surface area contributed by atoms with Gasteiger partial charge < -0.3 is 19.5 Å². The predicted molar refractivity (Wildman–Crippen MR) is 109 cm³/mol. The molecule has 0 fully saturated rings. The lowest BCUT2D eigenvalue weighted by atomic mass is 10.0. The molecule has 27 heavy (non-hydrogen) atoms. The van der Waals surface area contributed by atoms with Gasteiger partial charge in [-0.25, -0.2) is 0 Å². The molecule has 1 atom stereocenters. The molecule has 1 N–H and O–H groups in total. The molecule has 3 aromatic carbocycles. The molecule has 0 radical (unpaired) electrons. The Labute approximate surface area is 161 Å². The molecule has 4 nitrogen and oxygen atoms in total. The van der Waals surface area contributed by atoms with Crippen LogP contribution in [0.1, 0.15) is 17.2 Å². The zero-order chi connectivity index (χ0) is 19.1. The van der Waals surface area contributed by atoms with Gasteiger partial charge in [-0.05, 0) is 54.2 Å². The highest BCUT2D eigenvalue weighted by Crippen LogP contribution is 2.26. The average molecular weight is 365 g/mol. The van der Waals surface area contributed by atoms with Gasteiger partial charge in [-0.1, -0.05) is 48.5 Å². The van der Waals surface area contributed by atoms with Crippen molar-refractivity contribution in [3.63, 3.8) is 0 Å². The van der Waals surface area contributed by atoms with Crippen LogP contribution in [-0.2, 0) is 11.3 Å². The van der Waals surface area contributed by atoms with E-state index in [1.165, 1.54) is 0 Å². The van der Waals surface area contributed by atoms with Gasteiger partial charge >= 0.3 is 0 Å². The predicted octanol–water partition coefficient (Wildman–Crippen LogP) is 4.03. The Bertz CT molecular complexity index is 849. The minimum absolute atomic E-state index is 0.0274. The zero-order valence-corrected chi connectivity index (χ0v) is 16.0. The summed E-state index contributed by atoms with van der Waals surface area (Å²) in [5.74, 6) is 0.862. The third-order valence-corrected chi connectivity index (χ3v) is 4.40. The summed E-state index contributed by atoms with van der Waals surface area (Å²) in [4.78, 5) is 2.09. The Hall–Kier alpha value is -2.40. The number of ether oxygens (including phenoxy) is 2. The standard InChI is InChI=1S/C23H27NO3/c1-24(2)16-23(26-13-12-25)21-9-8-20-15-22(11-10-19(20)14-21)27-17-18-6-4-3-5-7-18/h3-11,14-15,23,25H,12-13,16-17H2,1-2H3. The maximum Gasteiger partial charge on any atom is 0.120 e. The Morgan fingerprint density at radius 2 is 1.67 bits per heavy atom. The van der Waals surface area contributed by atoms with E-state index in [0.717, 1.165) is 34.2 Å². The molecule has 4 heteroatoms. The van der Waals surface area contributed by atoms with Gasteiger partial charge in [-0.3, -0.25) is 0 Å². The molecular weight excluding hydrogens is 338 g/mol. The number of rotatable bonds is 9. The first-order chi connectivity index (χ1) is 13.2. The number of nitrogens with zero attached hydrogens (tertiary/aromatic N) is 1. The second-order valence-corrected chi connectivity index (χ2v) is 6.89. The van der Waals surface area contributed by atoms with Crippen LogP contribution in [0.2, 0.25) is 0 Å². The lowest BCUT2D eigenvalue weighted by Crippen LogP contribution is -2.23. The number of benzene rings is 3. The molecule has 0 spiro atoms. The monoisotopic (exact) mass is 365 g/mol. The SMILES string of the molecule is CN(C)CC(OCCO)c1ccc2cc(OCc3ccccc3)ccc2c1. The van der Waals surface area contributed by atoms with Crippen LogP contribution >= 0.6 is 0 Å². The van der Waals surface area contributed by atoms with Crippen molar-refractivity contribution >= 4 is 10.8 Å². The van der Waals surface area contributed by atoms with E-state index >= 15 is 0 Å². The molecule has 142 valence electrons. The molecule has 0 aromatic heterocycles. The van der Waals surface area contributed by atoms with Crippen molar-refractivity contribution in [2.24, 2.45) is 0 Å². The van der Waals surface area contributed by atoms with Crippen molar-refractivity contribution in [2.75, 3.05) is 33.9 Å². The van der Waals surface area contributed by atoms with Crippen LogP contribution in [0.25, 0.3) is 10.8 Å². The fourth-order valence-corrected chi connectivity index (χ4v) is 3.05. The number of likely N-dealkylation sites (N-methyl/N-ethyl adjacent to an activating group) is 1. The van der Waals surface area contributed by atoms with E-state index in [1.54, 1.807) is 0 Å². The van der Waals surface area contributed by atoms with Crippen LogP contribution in [0.5, 0.6) is 5.75 Å². The maximum atomic E-state index is 9.08. The minimum Gasteiger partial charge on any atom is -0.489 e. The van der Waals surface area contributed by atoms with E-state index in [2.05, 4.69) is 47.4 Å². The van der Waals surface area contributed by atoms with Crippen LogP contribution in [0.4, 0.5) is 0 Å². The molecule has 3 rings (SSSR count). The van der Waals surface area contributed by atoms with Crippen molar-refractivity contribution in [3.05, 3.63) is 77.9 Å². The number of aliphatic hydroxyl groups is 1. The van der Waals surface area contributed by atoms with Gasteiger partial charge in [0.05, 0.1) is 19.3 Å². The van der Waals surface area contributed by atoms with Crippen molar-refractivity contribution in [1.82, 2.24) is 4.90 Å². The van der Waals surface area contributed by atoms with Gasteiger partial charge in [0.15, 0.2) is 0 Å². The summed E-state index contributed by atoms with van der Waals surface area (Å²) in [5, 5.41) is 11.4. The summed E-state index contributed by atoms with van der Waals surface area (Å²) in [7, 11) is 4.04. The number of hydrogen-bond donors (Lipinski definition) is 1. The molecule has 0 bridgehead atoms. The van der Waals surface area contributed by atoms with E-state index in [1.807, 2.05) is 38.4 Å². The van der Waals surface area contributed by atoms with Crippen LogP contribution < -0.4 is 4.74 Å². The molecule has 0 aliphatic heterocycles. The highest BCUT2D eigenvalue weighted by molar-refractivity contribution is 5.84. The summed E-state index contributed by atoms with van der Waals surface area (Å²) in [5.41, 5.74) is 2.27. The maximum absolute atomic E-state index is 9.08. The molecular formula is C23H27NO3. The summed E-state index contributed by atoms with van der Waals surface area (Å²) in [6.45, 7) is 1.69. The first-order valence-corrected chi connectivity index (χ1v) is 9.23. The quantitative estimate of drug-likeness (QED) is 0.622. The van der Waals surface area contributed by atoms with Crippen LogP contribution in [0.3, 0.4) is 0 Å². The van der Waals surface area contributed by atoms with Crippen LogP contribution in [0.15, 0.2) is 66.7 Å². The van der Waals surface area contributed by atoms with Gasteiger partial charge in [-0.15, -0.1) is 0 Å². The topological polar surface area (TPSA) is 41.9 Å². The van der Waals surface area contributed by atoms with E-state index in [4.69, 9.17) is 14.6 Å². The molecule has 0 saturated carbocycles. The Morgan fingerprint density at radius 3 is 2.41 bits per heavy atom. The summed E-state index contributed by atoms with van der Waals surface area (Å²) in [6.07, 6.45) is -0.0643. The third-order valence-electron chi connectivity index (χ3n) is 4.40. The Balaban J connectivity index is 1.75. The second kappa shape index (κ2) is 9.51. The van der Waals surface area contributed by atoms with Crippen molar-refractivity contribution in [3.8, 4) is 5.75 Å². The van der Waals surface area contributed by atoms with E-state index in [-0.39, 0.29) is 12.7 Å². The van der Waals surface area contributed by atoms with E-state index in [9.17, 15) is 0 Å².